The standard InChI is InChI=1S/C36H70O4/c1-3-5-7-9-11-12-13-14-15-16-17-18-19-20-25-29-33-36(39)40-34(30-26-22-10-8-6-4-2)31-27-23-21-24-28-32-35(37)38/h34H,3-33H2,1-2H3,(H,37,38). The van der Waals surface area contributed by atoms with E-state index in [2.05, 4.69) is 13.8 Å². The average molecular weight is 567 g/mol. The first-order chi connectivity index (χ1) is 19.6. The molecule has 1 atom stereocenters. The number of rotatable bonds is 33. The van der Waals surface area contributed by atoms with Crippen LogP contribution in [0.15, 0.2) is 0 Å². The van der Waals surface area contributed by atoms with Gasteiger partial charge in [0.15, 0.2) is 0 Å². The van der Waals surface area contributed by atoms with Gasteiger partial charge >= 0.3 is 11.9 Å². The van der Waals surface area contributed by atoms with Crippen molar-refractivity contribution in [3.8, 4) is 0 Å². The van der Waals surface area contributed by atoms with Crippen LogP contribution in [0, 0.1) is 0 Å². The van der Waals surface area contributed by atoms with E-state index in [0.717, 1.165) is 64.2 Å². The molecule has 0 aromatic carbocycles. The molecule has 1 N–H and O–H groups in total. The Morgan fingerprint density at radius 1 is 0.450 bits per heavy atom. The Morgan fingerprint density at radius 3 is 1.10 bits per heavy atom. The Morgan fingerprint density at radius 2 is 0.750 bits per heavy atom. The van der Waals surface area contributed by atoms with Crippen molar-refractivity contribution in [2.75, 3.05) is 0 Å². The highest BCUT2D eigenvalue weighted by Crippen LogP contribution is 2.19. The third-order valence-electron chi connectivity index (χ3n) is 8.33. The molecule has 4 nitrogen and oxygen atoms in total. The van der Waals surface area contributed by atoms with Crippen LogP contribution in [0.1, 0.15) is 213 Å². The van der Waals surface area contributed by atoms with Gasteiger partial charge in [-0.25, -0.2) is 0 Å². The Bertz CT molecular complexity index is 533. The fourth-order valence-corrected chi connectivity index (χ4v) is 5.66. The third-order valence-corrected chi connectivity index (χ3v) is 8.33. The highest BCUT2D eigenvalue weighted by Gasteiger charge is 2.14. The van der Waals surface area contributed by atoms with Gasteiger partial charge in [-0.05, 0) is 38.5 Å². The third kappa shape index (κ3) is 31.5. The monoisotopic (exact) mass is 567 g/mol. The molecule has 0 rings (SSSR count). The van der Waals surface area contributed by atoms with E-state index in [9.17, 15) is 9.59 Å². The summed E-state index contributed by atoms with van der Waals surface area (Å²) in [4.78, 5) is 23.2. The van der Waals surface area contributed by atoms with Crippen LogP contribution in [0.3, 0.4) is 0 Å². The minimum Gasteiger partial charge on any atom is -0.481 e. The number of hydrogen-bond donors (Lipinski definition) is 1. The normalized spacial score (nSPS) is 12.1. The first kappa shape index (κ1) is 38.9. The number of aliphatic carboxylic acids is 1. The summed E-state index contributed by atoms with van der Waals surface area (Å²) < 4.78 is 5.95. The number of carbonyl (C=O) groups is 2. The van der Waals surface area contributed by atoms with Crippen LogP contribution in [0.2, 0.25) is 0 Å². The van der Waals surface area contributed by atoms with Gasteiger partial charge in [0, 0.05) is 12.8 Å². The Labute approximate surface area is 250 Å². The van der Waals surface area contributed by atoms with Crippen molar-refractivity contribution in [1.29, 1.82) is 0 Å². The topological polar surface area (TPSA) is 63.6 Å². The molecule has 0 aliphatic heterocycles. The van der Waals surface area contributed by atoms with E-state index in [1.807, 2.05) is 0 Å². The number of unbranched alkanes of at least 4 members (excludes halogenated alkanes) is 24. The lowest BCUT2D eigenvalue weighted by atomic mass is 10.0. The number of carbonyl (C=O) groups excluding carboxylic acids is 1. The van der Waals surface area contributed by atoms with Crippen molar-refractivity contribution in [2.24, 2.45) is 0 Å². The number of carboxylic acids is 1. The van der Waals surface area contributed by atoms with Gasteiger partial charge in [-0.2, -0.15) is 0 Å². The zero-order chi connectivity index (χ0) is 29.4. The zero-order valence-corrected chi connectivity index (χ0v) is 27.2. The maximum absolute atomic E-state index is 12.5. The van der Waals surface area contributed by atoms with Gasteiger partial charge in [-0.15, -0.1) is 0 Å². The van der Waals surface area contributed by atoms with Crippen LogP contribution >= 0.6 is 0 Å². The Hall–Kier alpha value is -1.06. The number of carboxylic acid groups (broad SMARTS) is 1. The molecular formula is C36H70O4. The first-order valence-electron chi connectivity index (χ1n) is 18.0. The fourth-order valence-electron chi connectivity index (χ4n) is 5.66. The van der Waals surface area contributed by atoms with Crippen molar-refractivity contribution >= 4 is 11.9 Å². The molecule has 0 spiro atoms. The summed E-state index contributed by atoms with van der Waals surface area (Å²) in [7, 11) is 0. The van der Waals surface area contributed by atoms with Crippen LogP contribution in [-0.4, -0.2) is 23.1 Å². The van der Waals surface area contributed by atoms with Gasteiger partial charge in [0.25, 0.3) is 0 Å². The molecule has 0 aliphatic carbocycles. The average Bonchev–Trinajstić information content (AvgIpc) is 2.93. The SMILES string of the molecule is CCCCCCCCCCCCCCCCCCC(=O)OC(CCCCCCCC)CCCCCCCC(=O)O. The van der Waals surface area contributed by atoms with Crippen LogP contribution in [0.4, 0.5) is 0 Å². The van der Waals surface area contributed by atoms with Crippen molar-refractivity contribution in [1.82, 2.24) is 0 Å². The lowest BCUT2D eigenvalue weighted by Gasteiger charge is -2.18. The molecule has 0 fully saturated rings. The van der Waals surface area contributed by atoms with E-state index in [4.69, 9.17) is 9.84 Å². The van der Waals surface area contributed by atoms with Gasteiger partial charge in [-0.1, -0.05) is 162 Å². The molecule has 0 saturated heterocycles. The van der Waals surface area contributed by atoms with Gasteiger partial charge in [0.2, 0.25) is 0 Å². The highest BCUT2D eigenvalue weighted by atomic mass is 16.5. The van der Waals surface area contributed by atoms with Crippen molar-refractivity contribution in [2.45, 2.75) is 219 Å². The molecule has 0 aromatic rings. The number of hydrogen-bond acceptors (Lipinski definition) is 3. The van der Waals surface area contributed by atoms with Crippen LogP contribution in [0.5, 0.6) is 0 Å². The second-order valence-electron chi connectivity index (χ2n) is 12.4. The van der Waals surface area contributed by atoms with Crippen molar-refractivity contribution in [3.05, 3.63) is 0 Å². The molecule has 0 amide bonds. The molecule has 1 unspecified atom stereocenters. The molecule has 40 heavy (non-hydrogen) atoms. The molecule has 0 saturated carbocycles. The van der Waals surface area contributed by atoms with Gasteiger partial charge in [0.05, 0.1) is 0 Å². The van der Waals surface area contributed by atoms with Crippen LogP contribution in [-0.2, 0) is 14.3 Å². The van der Waals surface area contributed by atoms with Crippen molar-refractivity contribution in [3.63, 3.8) is 0 Å². The van der Waals surface area contributed by atoms with Gasteiger partial charge < -0.3 is 9.84 Å². The summed E-state index contributed by atoms with van der Waals surface area (Å²) in [5.41, 5.74) is 0. The highest BCUT2D eigenvalue weighted by molar-refractivity contribution is 5.69. The van der Waals surface area contributed by atoms with E-state index >= 15 is 0 Å². The lowest BCUT2D eigenvalue weighted by molar-refractivity contribution is -0.150. The maximum Gasteiger partial charge on any atom is 0.306 e. The van der Waals surface area contributed by atoms with Crippen LogP contribution in [0.25, 0.3) is 0 Å². The van der Waals surface area contributed by atoms with Gasteiger partial charge in [-0.3, -0.25) is 9.59 Å². The molecule has 4 heteroatoms. The summed E-state index contributed by atoms with van der Waals surface area (Å²) >= 11 is 0. The molecule has 0 aliphatic rings. The first-order valence-corrected chi connectivity index (χ1v) is 18.0. The quantitative estimate of drug-likeness (QED) is 0.0633. The maximum atomic E-state index is 12.5. The second-order valence-corrected chi connectivity index (χ2v) is 12.4. The molecule has 0 heterocycles. The van der Waals surface area contributed by atoms with E-state index in [1.54, 1.807) is 0 Å². The number of esters is 1. The smallest absolute Gasteiger partial charge is 0.306 e. The Kier molecular flexibility index (Phi) is 31.6. The molecular weight excluding hydrogens is 496 g/mol. The van der Waals surface area contributed by atoms with E-state index < -0.39 is 5.97 Å². The van der Waals surface area contributed by atoms with E-state index in [1.165, 1.54) is 122 Å². The van der Waals surface area contributed by atoms with E-state index in [0.29, 0.717) is 6.42 Å². The summed E-state index contributed by atoms with van der Waals surface area (Å²) in [6, 6.07) is 0. The molecule has 0 radical (unpaired) electrons. The Balaban J connectivity index is 3.82. The molecule has 0 bridgehead atoms. The number of ether oxygens (including phenoxy) is 1. The lowest BCUT2D eigenvalue weighted by Crippen LogP contribution is -2.18. The fraction of sp³-hybridized carbons (Fsp3) is 0.944. The summed E-state index contributed by atoms with van der Waals surface area (Å²) in [6.45, 7) is 4.53. The van der Waals surface area contributed by atoms with Crippen molar-refractivity contribution < 1.29 is 19.4 Å². The van der Waals surface area contributed by atoms with Crippen LogP contribution < -0.4 is 0 Å². The predicted molar refractivity (Wildman–Crippen MR) is 172 cm³/mol. The molecule has 238 valence electrons. The second kappa shape index (κ2) is 32.5. The van der Waals surface area contributed by atoms with E-state index in [-0.39, 0.29) is 18.5 Å². The summed E-state index contributed by atoms with van der Waals surface area (Å²) in [5.74, 6) is -0.696. The minimum absolute atomic E-state index is 0.00260. The van der Waals surface area contributed by atoms with Gasteiger partial charge in [0.1, 0.15) is 6.10 Å². The minimum atomic E-state index is -0.699. The summed E-state index contributed by atoms with van der Waals surface area (Å²) in [6.07, 6.45) is 36.9. The predicted octanol–water partition coefficient (Wildman–Crippen LogP) is 12.1. The molecule has 0 aromatic heterocycles. The zero-order valence-electron chi connectivity index (χ0n) is 27.2. The largest absolute Gasteiger partial charge is 0.481 e. The summed E-state index contributed by atoms with van der Waals surface area (Å²) in [5, 5.41) is 8.76.